The Kier molecular flexibility index (Phi) is 10.9. The molecule has 0 radical (unpaired) electrons. The van der Waals surface area contributed by atoms with E-state index in [0.29, 0.717) is 12.8 Å². The number of aliphatic carboxylic acids is 1. The Morgan fingerprint density at radius 2 is 1.73 bits per heavy atom. The molecule has 7 heteroatoms. The third kappa shape index (κ3) is 8.56. The van der Waals surface area contributed by atoms with Crippen molar-refractivity contribution in [2.24, 2.45) is 5.92 Å². The van der Waals surface area contributed by atoms with Crippen LogP contribution in [0.1, 0.15) is 52.4 Å². The van der Waals surface area contributed by atoms with Crippen molar-refractivity contribution < 1.29 is 19.4 Å². The Morgan fingerprint density at radius 1 is 1.12 bits per heavy atom. The number of nitrogens with zero attached hydrogens (tertiary/aromatic N) is 2. The molecule has 0 unspecified atom stereocenters. The van der Waals surface area contributed by atoms with Crippen molar-refractivity contribution in [2.45, 2.75) is 58.4 Å². The van der Waals surface area contributed by atoms with Crippen LogP contribution in [0, 0.1) is 5.92 Å². The molecule has 0 aromatic heterocycles. The van der Waals surface area contributed by atoms with E-state index in [1.807, 2.05) is 13.8 Å². The number of carbonyl (C=O) groups is 2. The molecule has 1 fully saturated rings. The van der Waals surface area contributed by atoms with Crippen LogP contribution in [0.25, 0.3) is 0 Å². The van der Waals surface area contributed by atoms with E-state index in [1.165, 1.54) is 4.90 Å². The van der Waals surface area contributed by atoms with Crippen LogP contribution in [0.15, 0.2) is 0 Å². The maximum atomic E-state index is 12.2. The summed E-state index contributed by atoms with van der Waals surface area (Å²) in [5.74, 6) is -1.19. The van der Waals surface area contributed by atoms with Crippen LogP contribution in [0.4, 0.5) is 0 Å². The van der Waals surface area contributed by atoms with Gasteiger partial charge in [0, 0.05) is 26.6 Å². The van der Waals surface area contributed by atoms with E-state index in [4.69, 9.17) is 17.0 Å². The number of rotatable bonds is 12. The molecule has 26 heavy (non-hydrogen) atoms. The van der Waals surface area contributed by atoms with E-state index in [0.717, 1.165) is 63.4 Å². The van der Waals surface area contributed by atoms with Gasteiger partial charge in [-0.1, -0.05) is 26.1 Å². The Bertz CT molecular complexity index is 464. The Balaban J connectivity index is 2.16. The van der Waals surface area contributed by atoms with E-state index in [2.05, 4.69) is 4.90 Å². The van der Waals surface area contributed by atoms with Gasteiger partial charge in [-0.05, 0) is 49.4 Å². The van der Waals surface area contributed by atoms with Crippen LogP contribution >= 0.6 is 12.2 Å². The lowest BCUT2D eigenvalue weighted by atomic mass is 10.0. The van der Waals surface area contributed by atoms with Gasteiger partial charge in [0.05, 0.1) is 13.2 Å². The summed E-state index contributed by atoms with van der Waals surface area (Å²) >= 11 is 5.42. The fraction of sp³-hybridized carbons (Fsp3) is 0.842. The Hall–Kier alpha value is -1.05. The molecule has 1 heterocycles. The fourth-order valence-electron chi connectivity index (χ4n) is 3.27. The normalized spacial score (nSPS) is 16.5. The highest BCUT2D eigenvalue weighted by molar-refractivity contribution is 7.80. The summed E-state index contributed by atoms with van der Waals surface area (Å²) in [5, 5.41) is 9.27. The third-order valence-electron chi connectivity index (χ3n) is 4.83. The number of carboxylic acids is 1. The average Bonchev–Trinajstić information content (AvgIpc) is 2.58. The second-order valence-corrected chi connectivity index (χ2v) is 7.91. The van der Waals surface area contributed by atoms with Crippen LogP contribution in [0.3, 0.4) is 0 Å². The second-order valence-electron chi connectivity index (χ2n) is 7.34. The van der Waals surface area contributed by atoms with Gasteiger partial charge in [-0.25, -0.2) is 4.79 Å². The van der Waals surface area contributed by atoms with Crippen LogP contribution in [0.5, 0.6) is 0 Å². The second kappa shape index (κ2) is 12.4. The van der Waals surface area contributed by atoms with E-state index in [9.17, 15) is 14.7 Å². The molecule has 0 aromatic carbocycles. The van der Waals surface area contributed by atoms with Crippen molar-refractivity contribution in [3.05, 3.63) is 0 Å². The molecule has 0 aromatic rings. The molecule has 0 spiro atoms. The summed E-state index contributed by atoms with van der Waals surface area (Å²) < 4.78 is 5.34. The summed E-state index contributed by atoms with van der Waals surface area (Å²) in [5.41, 5.74) is 0. The molecule has 1 atom stereocenters. The van der Waals surface area contributed by atoms with Gasteiger partial charge in [0.2, 0.25) is 5.91 Å². The molecule has 0 saturated carbocycles. The molecule has 6 nitrogen and oxygen atoms in total. The minimum atomic E-state index is -0.952. The van der Waals surface area contributed by atoms with Crippen molar-refractivity contribution in [3.8, 4) is 0 Å². The van der Waals surface area contributed by atoms with E-state index in [-0.39, 0.29) is 11.8 Å². The number of hydrogen-bond acceptors (Lipinski definition) is 5. The van der Waals surface area contributed by atoms with E-state index in [1.54, 1.807) is 7.05 Å². The number of hydrogen-bond donors (Lipinski definition) is 1. The molecule has 1 aliphatic heterocycles. The molecule has 1 N–H and O–H groups in total. The lowest BCUT2D eigenvalue weighted by molar-refractivity contribution is -0.151. The summed E-state index contributed by atoms with van der Waals surface area (Å²) in [4.78, 5) is 28.3. The smallest absolute Gasteiger partial charge is 0.326 e. The van der Waals surface area contributed by atoms with E-state index >= 15 is 0 Å². The highest BCUT2D eigenvalue weighted by Gasteiger charge is 2.28. The van der Waals surface area contributed by atoms with Gasteiger partial charge in [-0.2, -0.15) is 0 Å². The molecule has 0 aliphatic carbocycles. The van der Waals surface area contributed by atoms with Gasteiger partial charge in [0.25, 0.3) is 0 Å². The zero-order valence-corrected chi connectivity index (χ0v) is 17.2. The predicted octanol–water partition coefficient (Wildman–Crippen LogP) is 2.60. The zero-order valence-electron chi connectivity index (χ0n) is 16.4. The number of amides is 1. The number of ether oxygens (including phenoxy) is 1. The largest absolute Gasteiger partial charge is 0.480 e. The summed E-state index contributed by atoms with van der Waals surface area (Å²) in [6.07, 6.45) is 4.94. The van der Waals surface area contributed by atoms with Crippen molar-refractivity contribution in [2.75, 3.05) is 39.9 Å². The van der Waals surface area contributed by atoms with Gasteiger partial charge in [0.1, 0.15) is 6.04 Å². The van der Waals surface area contributed by atoms with Crippen LogP contribution < -0.4 is 0 Å². The van der Waals surface area contributed by atoms with Crippen molar-refractivity contribution in [3.63, 3.8) is 0 Å². The molecule has 1 amide bonds. The highest BCUT2D eigenvalue weighted by Crippen LogP contribution is 2.13. The standard InChI is InChI=1S/C19H34N2O4S/c1-15(2)18(19(23)24)20(3)17(22)9-6-8-16(26)7-4-5-10-21-11-13-25-14-12-21/h15,18H,4-14H2,1-3H3,(H,23,24)/t18-/m0/s1. The van der Waals surface area contributed by atoms with E-state index < -0.39 is 12.0 Å². The SMILES string of the molecule is CC(C)[C@@H](C(=O)O)N(C)C(=O)CCCC(=S)CCCCN1CCOCC1. The van der Waals surface area contributed by atoms with Gasteiger partial charge in [-0.15, -0.1) is 0 Å². The van der Waals surface area contributed by atoms with Gasteiger partial charge < -0.3 is 14.7 Å². The van der Waals surface area contributed by atoms with Crippen molar-refractivity contribution in [1.82, 2.24) is 9.80 Å². The number of morpholine rings is 1. The molecule has 1 saturated heterocycles. The highest BCUT2D eigenvalue weighted by atomic mass is 32.1. The lowest BCUT2D eigenvalue weighted by Crippen LogP contribution is -2.45. The first-order valence-corrected chi connectivity index (χ1v) is 10.0. The van der Waals surface area contributed by atoms with Crippen LogP contribution in [0.2, 0.25) is 0 Å². The number of likely N-dealkylation sites (N-methyl/N-ethyl adjacent to an activating group) is 1. The predicted molar refractivity (Wildman–Crippen MR) is 107 cm³/mol. The van der Waals surface area contributed by atoms with Gasteiger partial charge >= 0.3 is 5.97 Å². The average molecular weight is 387 g/mol. The quantitative estimate of drug-likeness (QED) is 0.411. The molecule has 1 aliphatic rings. The third-order valence-corrected chi connectivity index (χ3v) is 5.23. The number of unbranched alkanes of at least 4 members (excludes halogenated alkanes) is 1. The number of carbonyl (C=O) groups excluding carboxylic acids is 1. The summed E-state index contributed by atoms with van der Waals surface area (Å²) in [7, 11) is 1.57. The van der Waals surface area contributed by atoms with Crippen LogP contribution in [-0.2, 0) is 14.3 Å². The van der Waals surface area contributed by atoms with Gasteiger partial charge in [0.15, 0.2) is 0 Å². The first-order chi connectivity index (χ1) is 12.3. The fourth-order valence-corrected chi connectivity index (χ4v) is 3.56. The van der Waals surface area contributed by atoms with Crippen molar-refractivity contribution >= 4 is 29.0 Å². The Labute approximate surface area is 162 Å². The van der Waals surface area contributed by atoms with Gasteiger partial charge in [-0.3, -0.25) is 9.69 Å². The number of carboxylic acid groups (broad SMARTS) is 1. The molecule has 150 valence electrons. The molecular weight excluding hydrogens is 352 g/mol. The first kappa shape index (κ1) is 23.0. The van der Waals surface area contributed by atoms with Crippen molar-refractivity contribution in [1.29, 1.82) is 0 Å². The topological polar surface area (TPSA) is 70.1 Å². The lowest BCUT2D eigenvalue weighted by Gasteiger charge is -2.27. The maximum Gasteiger partial charge on any atom is 0.326 e. The molecular formula is C19H34N2O4S. The molecule has 0 bridgehead atoms. The minimum absolute atomic E-state index is 0.117. The first-order valence-electron chi connectivity index (χ1n) is 9.63. The summed E-state index contributed by atoms with van der Waals surface area (Å²) in [6, 6.07) is -0.769. The Morgan fingerprint density at radius 3 is 2.31 bits per heavy atom. The maximum absolute atomic E-state index is 12.2. The molecule has 1 rings (SSSR count). The monoisotopic (exact) mass is 386 g/mol. The van der Waals surface area contributed by atoms with Crippen LogP contribution in [-0.4, -0.2) is 77.6 Å². The number of thiocarbonyl (C=S) groups is 1. The zero-order chi connectivity index (χ0) is 19.5. The minimum Gasteiger partial charge on any atom is -0.480 e. The summed E-state index contributed by atoms with van der Waals surface area (Å²) in [6.45, 7) is 8.44.